The minimum atomic E-state index is -3.69. The summed E-state index contributed by atoms with van der Waals surface area (Å²) in [6.45, 7) is 3.89. The van der Waals surface area contributed by atoms with Gasteiger partial charge in [-0.1, -0.05) is 71.8 Å². The van der Waals surface area contributed by atoms with Crippen LogP contribution < -0.4 is 9.62 Å². The summed E-state index contributed by atoms with van der Waals surface area (Å²) in [7, 11) is 0.269. The Labute approximate surface area is 179 Å². The van der Waals surface area contributed by atoms with Gasteiger partial charge in [0.2, 0.25) is 10.0 Å². The Hall–Kier alpha value is -2.89. The first kappa shape index (κ1) is 21.8. The molecule has 0 spiro atoms. The molecule has 3 rings (SSSR count). The van der Waals surface area contributed by atoms with Gasteiger partial charge < -0.3 is 4.90 Å². The van der Waals surface area contributed by atoms with E-state index in [4.69, 9.17) is 0 Å². The van der Waals surface area contributed by atoms with E-state index in [1.54, 1.807) is 12.1 Å². The van der Waals surface area contributed by atoms with Crippen molar-refractivity contribution in [1.82, 2.24) is 4.72 Å². The molecule has 1 unspecified atom stereocenters. The molecule has 0 aliphatic carbocycles. The zero-order valence-corrected chi connectivity index (χ0v) is 18.6. The van der Waals surface area contributed by atoms with Crippen LogP contribution in [-0.2, 0) is 10.0 Å². The van der Waals surface area contributed by atoms with Gasteiger partial charge in [-0.2, -0.15) is 4.72 Å². The highest BCUT2D eigenvalue weighted by Crippen LogP contribution is 2.27. The maximum absolute atomic E-state index is 13.1. The molecule has 0 aromatic heterocycles. The van der Waals surface area contributed by atoms with Gasteiger partial charge in [0.1, 0.15) is 0 Å². The van der Waals surface area contributed by atoms with E-state index in [0.29, 0.717) is 0 Å². The Balaban J connectivity index is 2.00. The first-order chi connectivity index (χ1) is 14.3. The molecule has 1 atom stereocenters. The molecule has 1 N–H and O–H groups in total. The van der Waals surface area contributed by atoms with Gasteiger partial charge >= 0.3 is 0 Å². The highest BCUT2D eigenvalue weighted by Gasteiger charge is 2.23. The maximum Gasteiger partial charge on any atom is 0.241 e. The second kappa shape index (κ2) is 9.28. The molecule has 0 bridgehead atoms. The molecule has 0 aliphatic rings. The molecule has 4 nitrogen and oxygen atoms in total. The molecule has 3 aromatic rings. The lowest BCUT2D eigenvalue weighted by Gasteiger charge is -2.22. The molecule has 30 heavy (non-hydrogen) atoms. The molecule has 5 heteroatoms. The van der Waals surface area contributed by atoms with Gasteiger partial charge in [0.05, 0.1) is 10.9 Å². The number of nitrogens with zero attached hydrogens (tertiary/aromatic N) is 1. The lowest BCUT2D eigenvalue weighted by Crippen LogP contribution is -2.29. The van der Waals surface area contributed by atoms with Gasteiger partial charge in [-0.25, -0.2) is 8.42 Å². The first-order valence-corrected chi connectivity index (χ1v) is 11.3. The SMILES string of the molecule is C/C(=C\c1ccccc1)C(NS(=O)(=O)c1ccc(C)cc1)c1ccc(N(C)C)cc1. The lowest BCUT2D eigenvalue weighted by atomic mass is 9.98. The molecule has 156 valence electrons. The maximum atomic E-state index is 13.1. The van der Waals surface area contributed by atoms with Gasteiger partial charge in [-0.3, -0.25) is 0 Å². The van der Waals surface area contributed by atoms with Gasteiger partial charge in [-0.15, -0.1) is 0 Å². The average Bonchev–Trinajstić information content (AvgIpc) is 2.73. The Kier molecular flexibility index (Phi) is 6.75. The van der Waals surface area contributed by atoms with Crippen LogP contribution in [0, 0.1) is 6.92 Å². The lowest BCUT2D eigenvalue weighted by molar-refractivity contribution is 0.571. The fourth-order valence-corrected chi connectivity index (χ4v) is 4.49. The predicted octanol–water partition coefficient (Wildman–Crippen LogP) is 5.18. The smallest absolute Gasteiger partial charge is 0.241 e. The van der Waals surface area contributed by atoms with Crippen LogP contribution in [0.1, 0.15) is 29.7 Å². The van der Waals surface area contributed by atoms with Crippen LogP contribution in [0.5, 0.6) is 0 Å². The molecule has 0 saturated carbocycles. The van der Waals surface area contributed by atoms with E-state index in [2.05, 4.69) is 4.72 Å². The Morgan fingerprint density at radius 1 is 0.900 bits per heavy atom. The van der Waals surface area contributed by atoms with Crippen LogP contribution in [0.2, 0.25) is 0 Å². The zero-order chi connectivity index (χ0) is 21.7. The molecule has 0 heterocycles. The molecule has 0 fully saturated rings. The quantitative estimate of drug-likeness (QED) is 0.573. The summed E-state index contributed by atoms with van der Waals surface area (Å²) in [5.74, 6) is 0. The molecule has 3 aromatic carbocycles. The predicted molar refractivity (Wildman–Crippen MR) is 125 cm³/mol. The van der Waals surface area contributed by atoms with E-state index < -0.39 is 16.1 Å². The first-order valence-electron chi connectivity index (χ1n) is 9.86. The monoisotopic (exact) mass is 420 g/mol. The van der Waals surface area contributed by atoms with Gasteiger partial charge in [0, 0.05) is 19.8 Å². The summed E-state index contributed by atoms with van der Waals surface area (Å²) in [4.78, 5) is 2.28. The molecule has 0 aliphatic heterocycles. The average molecular weight is 421 g/mol. The Bertz CT molecular complexity index is 1100. The summed E-state index contributed by atoms with van der Waals surface area (Å²) in [5.41, 5.74) is 4.91. The number of hydrogen-bond donors (Lipinski definition) is 1. The topological polar surface area (TPSA) is 49.4 Å². The van der Waals surface area contributed by atoms with Crippen molar-refractivity contribution in [1.29, 1.82) is 0 Å². The fraction of sp³-hybridized carbons (Fsp3) is 0.200. The fourth-order valence-electron chi connectivity index (χ4n) is 3.22. The number of nitrogens with one attached hydrogen (secondary N) is 1. The highest BCUT2D eigenvalue weighted by molar-refractivity contribution is 7.89. The standard InChI is InChI=1S/C25H28N2O2S/c1-19-10-16-24(17-11-19)30(28,29)26-25(20(2)18-21-8-6-5-7-9-21)22-12-14-23(15-13-22)27(3)4/h5-18,25-26H,1-4H3/b20-18+. The van der Waals surface area contributed by atoms with Crippen molar-refractivity contribution in [2.45, 2.75) is 24.8 Å². The van der Waals surface area contributed by atoms with Crippen LogP contribution in [-0.4, -0.2) is 22.5 Å². The summed E-state index contributed by atoms with van der Waals surface area (Å²) >= 11 is 0. The van der Waals surface area contributed by atoms with Crippen LogP contribution in [0.25, 0.3) is 6.08 Å². The van der Waals surface area contributed by atoms with Crippen LogP contribution in [0.3, 0.4) is 0 Å². The summed E-state index contributed by atoms with van der Waals surface area (Å²) in [6, 6.07) is 24.3. The van der Waals surface area contributed by atoms with Crippen molar-refractivity contribution in [3.05, 3.63) is 101 Å². The van der Waals surface area contributed by atoms with Crippen molar-refractivity contribution in [3.8, 4) is 0 Å². The van der Waals surface area contributed by atoms with Crippen molar-refractivity contribution < 1.29 is 8.42 Å². The third-order valence-corrected chi connectivity index (χ3v) is 6.44. The molecule has 0 saturated heterocycles. The summed E-state index contributed by atoms with van der Waals surface area (Å²) in [6.07, 6.45) is 2.02. The van der Waals surface area contributed by atoms with E-state index in [9.17, 15) is 8.42 Å². The number of aryl methyl sites for hydroxylation is 1. The number of hydrogen-bond acceptors (Lipinski definition) is 3. The van der Waals surface area contributed by atoms with Crippen molar-refractivity contribution in [3.63, 3.8) is 0 Å². The van der Waals surface area contributed by atoms with Crippen LogP contribution in [0.4, 0.5) is 5.69 Å². The zero-order valence-electron chi connectivity index (χ0n) is 17.8. The molecule has 0 radical (unpaired) electrons. The van der Waals surface area contributed by atoms with E-state index in [0.717, 1.165) is 28.0 Å². The van der Waals surface area contributed by atoms with Crippen LogP contribution in [0.15, 0.2) is 89.3 Å². The van der Waals surface area contributed by atoms with Gasteiger partial charge in [0.15, 0.2) is 0 Å². The number of benzene rings is 3. The third kappa shape index (κ3) is 5.38. The van der Waals surface area contributed by atoms with Gasteiger partial charge in [0.25, 0.3) is 0 Å². The molecular weight excluding hydrogens is 392 g/mol. The molecular formula is C25H28N2O2S. The van der Waals surface area contributed by atoms with Crippen molar-refractivity contribution >= 4 is 21.8 Å². The van der Waals surface area contributed by atoms with E-state index in [1.807, 2.05) is 106 Å². The van der Waals surface area contributed by atoms with E-state index >= 15 is 0 Å². The summed E-state index contributed by atoms with van der Waals surface area (Å²) in [5, 5.41) is 0. The minimum Gasteiger partial charge on any atom is -0.378 e. The number of sulfonamides is 1. The number of anilines is 1. The van der Waals surface area contributed by atoms with Gasteiger partial charge in [-0.05, 0) is 49.2 Å². The second-order valence-electron chi connectivity index (χ2n) is 7.65. The normalized spacial score (nSPS) is 13.1. The molecule has 0 amide bonds. The highest BCUT2D eigenvalue weighted by atomic mass is 32.2. The summed E-state index contributed by atoms with van der Waals surface area (Å²) < 4.78 is 29.1. The van der Waals surface area contributed by atoms with E-state index in [-0.39, 0.29) is 4.90 Å². The third-order valence-electron chi connectivity index (χ3n) is 5.00. The Morgan fingerprint density at radius 3 is 2.07 bits per heavy atom. The van der Waals surface area contributed by atoms with E-state index in [1.165, 1.54) is 0 Å². The van der Waals surface area contributed by atoms with Crippen LogP contribution >= 0.6 is 0 Å². The van der Waals surface area contributed by atoms with Crippen molar-refractivity contribution in [2.75, 3.05) is 19.0 Å². The minimum absolute atomic E-state index is 0.260. The van der Waals surface area contributed by atoms with Crippen molar-refractivity contribution in [2.24, 2.45) is 0 Å². The Morgan fingerprint density at radius 2 is 1.50 bits per heavy atom. The number of rotatable bonds is 7. The largest absolute Gasteiger partial charge is 0.378 e. The second-order valence-corrected chi connectivity index (χ2v) is 9.37.